The quantitative estimate of drug-likeness (QED) is 0.877. The zero-order chi connectivity index (χ0) is 13.7. The topological polar surface area (TPSA) is 41.1 Å². The lowest BCUT2D eigenvalue weighted by Crippen LogP contribution is -2.23. The largest absolute Gasteiger partial charge is 0.352 e. The van der Waals surface area contributed by atoms with Crippen LogP contribution in [0.5, 0.6) is 0 Å². The van der Waals surface area contributed by atoms with Crippen molar-refractivity contribution in [1.82, 2.24) is 10.6 Å². The van der Waals surface area contributed by atoms with Gasteiger partial charge < -0.3 is 10.6 Å². The van der Waals surface area contributed by atoms with E-state index < -0.39 is 11.6 Å². The second-order valence-corrected chi connectivity index (χ2v) is 4.95. The number of amides is 1. The summed E-state index contributed by atoms with van der Waals surface area (Å²) in [5, 5.41) is 5.94. The second-order valence-electron chi connectivity index (χ2n) is 4.95. The van der Waals surface area contributed by atoms with E-state index in [2.05, 4.69) is 10.6 Å². The third-order valence-electron chi connectivity index (χ3n) is 3.35. The van der Waals surface area contributed by atoms with Crippen LogP contribution in [-0.2, 0) is 11.3 Å². The highest BCUT2D eigenvalue weighted by Gasteiger charge is 2.15. The van der Waals surface area contributed by atoms with Gasteiger partial charge >= 0.3 is 0 Å². The van der Waals surface area contributed by atoms with Gasteiger partial charge in [-0.05, 0) is 49.5 Å². The molecule has 1 aromatic rings. The molecule has 0 aliphatic carbocycles. The fourth-order valence-corrected chi connectivity index (χ4v) is 2.30. The van der Waals surface area contributed by atoms with Gasteiger partial charge in [0.2, 0.25) is 5.91 Å². The molecule has 112 valence electrons. The van der Waals surface area contributed by atoms with Crippen LogP contribution in [0.1, 0.15) is 24.8 Å². The number of halogens is 3. The lowest BCUT2D eigenvalue weighted by molar-refractivity contribution is -0.121. The molecule has 1 saturated heterocycles. The third-order valence-corrected chi connectivity index (χ3v) is 3.35. The van der Waals surface area contributed by atoms with Crippen LogP contribution in [-0.4, -0.2) is 19.0 Å². The van der Waals surface area contributed by atoms with E-state index in [0.717, 1.165) is 32.0 Å². The lowest BCUT2D eigenvalue weighted by atomic mass is 10.0. The van der Waals surface area contributed by atoms with Crippen molar-refractivity contribution in [3.63, 3.8) is 0 Å². The Morgan fingerprint density at radius 1 is 1.30 bits per heavy atom. The summed E-state index contributed by atoms with van der Waals surface area (Å²) in [4.78, 5) is 11.6. The average Bonchev–Trinajstić information content (AvgIpc) is 2.86. The first kappa shape index (κ1) is 16.9. The first-order valence-corrected chi connectivity index (χ1v) is 6.56. The summed E-state index contributed by atoms with van der Waals surface area (Å²) >= 11 is 0. The minimum atomic E-state index is -0.624. The Morgan fingerprint density at radius 3 is 2.60 bits per heavy atom. The molecule has 0 spiro atoms. The standard InChI is InChI=1S/C14H18F2N2O.ClH/c15-12-5-11(6-13(16)7-12)9-18-14(19)2-1-10-3-4-17-8-10;/h5-7,10,17H,1-4,8-9H2,(H,18,19);1H. The molecule has 1 atom stereocenters. The third kappa shape index (κ3) is 5.43. The van der Waals surface area contributed by atoms with Gasteiger partial charge in [-0.15, -0.1) is 12.4 Å². The van der Waals surface area contributed by atoms with Crippen molar-refractivity contribution >= 4 is 18.3 Å². The van der Waals surface area contributed by atoms with Crippen LogP contribution in [0.25, 0.3) is 0 Å². The van der Waals surface area contributed by atoms with Gasteiger partial charge in [-0.25, -0.2) is 8.78 Å². The fraction of sp³-hybridized carbons (Fsp3) is 0.500. The predicted molar refractivity (Wildman–Crippen MR) is 75.7 cm³/mol. The molecule has 2 rings (SSSR count). The number of rotatable bonds is 5. The molecular formula is C14H19ClF2N2O. The van der Waals surface area contributed by atoms with E-state index in [1.807, 2.05) is 0 Å². The molecule has 1 aliphatic rings. The molecule has 20 heavy (non-hydrogen) atoms. The van der Waals surface area contributed by atoms with Crippen molar-refractivity contribution < 1.29 is 13.6 Å². The number of carbonyl (C=O) groups excluding carboxylic acids is 1. The molecule has 1 aliphatic heterocycles. The molecular weight excluding hydrogens is 286 g/mol. The zero-order valence-corrected chi connectivity index (χ0v) is 11.9. The zero-order valence-electron chi connectivity index (χ0n) is 11.1. The van der Waals surface area contributed by atoms with E-state index in [1.54, 1.807) is 0 Å². The molecule has 2 N–H and O–H groups in total. The molecule has 0 aromatic heterocycles. The minimum absolute atomic E-state index is 0. The second kappa shape index (κ2) is 8.17. The Labute approximate surface area is 123 Å². The van der Waals surface area contributed by atoms with Gasteiger partial charge in [0.1, 0.15) is 11.6 Å². The highest BCUT2D eigenvalue weighted by atomic mass is 35.5. The summed E-state index contributed by atoms with van der Waals surface area (Å²) in [6.45, 7) is 2.16. The van der Waals surface area contributed by atoms with Crippen LogP contribution < -0.4 is 10.6 Å². The summed E-state index contributed by atoms with van der Waals surface area (Å²) in [5.74, 6) is -0.753. The van der Waals surface area contributed by atoms with Crippen molar-refractivity contribution in [2.45, 2.75) is 25.8 Å². The van der Waals surface area contributed by atoms with Crippen LogP contribution in [0.3, 0.4) is 0 Å². The molecule has 1 amide bonds. The smallest absolute Gasteiger partial charge is 0.220 e. The molecule has 0 saturated carbocycles. The maximum Gasteiger partial charge on any atom is 0.220 e. The Balaban J connectivity index is 0.00000200. The monoisotopic (exact) mass is 304 g/mol. The summed E-state index contributed by atoms with van der Waals surface area (Å²) in [6.07, 6.45) is 2.43. The van der Waals surface area contributed by atoms with Crippen LogP contribution in [0, 0.1) is 17.6 Å². The van der Waals surface area contributed by atoms with E-state index in [9.17, 15) is 13.6 Å². The van der Waals surface area contributed by atoms with E-state index in [1.165, 1.54) is 12.1 Å². The number of benzene rings is 1. The Hall–Kier alpha value is -1.20. The number of nitrogens with one attached hydrogen (secondary N) is 2. The van der Waals surface area contributed by atoms with Gasteiger partial charge in [-0.2, -0.15) is 0 Å². The highest BCUT2D eigenvalue weighted by Crippen LogP contribution is 2.14. The van der Waals surface area contributed by atoms with Crippen molar-refractivity contribution in [3.8, 4) is 0 Å². The van der Waals surface area contributed by atoms with E-state index in [-0.39, 0.29) is 24.9 Å². The van der Waals surface area contributed by atoms with Crippen LogP contribution >= 0.6 is 12.4 Å². The van der Waals surface area contributed by atoms with Gasteiger partial charge in [0.25, 0.3) is 0 Å². The molecule has 6 heteroatoms. The predicted octanol–water partition coefficient (Wildman–Crippen LogP) is 2.39. The first-order chi connectivity index (χ1) is 9.13. The van der Waals surface area contributed by atoms with Gasteiger partial charge in [-0.1, -0.05) is 0 Å². The first-order valence-electron chi connectivity index (χ1n) is 6.56. The molecule has 0 radical (unpaired) electrons. The van der Waals surface area contributed by atoms with Gasteiger partial charge in [0.15, 0.2) is 0 Å². The number of hydrogen-bond acceptors (Lipinski definition) is 2. The Kier molecular flexibility index (Phi) is 6.88. The maximum atomic E-state index is 12.9. The maximum absolute atomic E-state index is 12.9. The normalized spacial score (nSPS) is 17.6. The minimum Gasteiger partial charge on any atom is -0.352 e. The molecule has 3 nitrogen and oxygen atoms in total. The van der Waals surface area contributed by atoms with E-state index in [4.69, 9.17) is 0 Å². The van der Waals surface area contributed by atoms with Crippen LogP contribution in [0.15, 0.2) is 18.2 Å². The van der Waals surface area contributed by atoms with Gasteiger partial charge in [-0.3, -0.25) is 4.79 Å². The number of hydrogen-bond donors (Lipinski definition) is 2. The average molecular weight is 305 g/mol. The van der Waals surface area contributed by atoms with Crippen LogP contribution in [0.2, 0.25) is 0 Å². The highest BCUT2D eigenvalue weighted by molar-refractivity contribution is 5.85. The van der Waals surface area contributed by atoms with Gasteiger partial charge in [0, 0.05) is 19.0 Å². The van der Waals surface area contributed by atoms with Crippen molar-refractivity contribution in [2.24, 2.45) is 5.92 Å². The fourth-order valence-electron chi connectivity index (χ4n) is 2.30. The molecule has 0 bridgehead atoms. The lowest BCUT2D eigenvalue weighted by Gasteiger charge is -2.09. The molecule has 1 aromatic carbocycles. The Morgan fingerprint density at radius 2 is 2.00 bits per heavy atom. The van der Waals surface area contributed by atoms with Gasteiger partial charge in [0.05, 0.1) is 0 Å². The number of carbonyl (C=O) groups is 1. The molecule has 1 fully saturated rings. The van der Waals surface area contributed by atoms with E-state index >= 15 is 0 Å². The summed E-state index contributed by atoms with van der Waals surface area (Å²) in [6, 6.07) is 3.27. The van der Waals surface area contributed by atoms with Crippen molar-refractivity contribution in [3.05, 3.63) is 35.4 Å². The Bertz CT molecular complexity index is 431. The summed E-state index contributed by atoms with van der Waals surface area (Å²) in [7, 11) is 0. The summed E-state index contributed by atoms with van der Waals surface area (Å²) in [5.41, 5.74) is 0.438. The molecule has 1 unspecified atom stereocenters. The van der Waals surface area contributed by atoms with Crippen molar-refractivity contribution in [2.75, 3.05) is 13.1 Å². The molecule has 1 heterocycles. The van der Waals surface area contributed by atoms with E-state index in [0.29, 0.717) is 17.9 Å². The van der Waals surface area contributed by atoms with Crippen molar-refractivity contribution in [1.29, 1.82) is 0 Å². The SMILES string of the molecule is Cl.O=C(CCC1CCNC1)NCc1cc(F)cc(F)c1. The van der Waals surface area contributed by atoms with Crippen LogP contribution in [0.4, 0.5) is 8.78 Å². The summed E-state index contributed by atoms with van der Waals surface area (Å²) < 4.78 is 25.9.